The molecule has 182 valence electrons. The first-order chi connectivity index (χ1) is 15.2. The molecule has 1 saturated carbocycles. The van der Waals surface area contributed by atoms with E-state index in [0.717, 1.165) is 17.8 Å². The van der Waals surface area contributed by atoms with E-state index < -0.39 is 46.4 Å². The second-order valence-electron chi connectivity index (χ2n) is 8.51. The number of alkyl halides is 6. The van der Waals surface area contributed by atoms with Gasteiger partial charge in [-0.15, -0.1) is 0 Å². The number of nitrogens with zero attached hydrogens (tertiary/aromatic N) is 3. The van der Waals surface area contributed by atoms with E-state index in [1.165, 1.54) is 6.07 Å². The summed E-state index contributed by atoms with van der Waals surface area (Å²) in [5.74, 6) is 0.540. The minimum absolute atomic E-state index is 0.0791. The fourth-order valence-electron chi connectivity index (χ4n) is 4.30. The van der Waals surface area contributed by atoms with Crippen molar-refractivity contribution >= 4 is 15.7 Å². The summed E-state index contributed by atoms with van der Waals surface area (Å²) in [5, 5.41) is 0. The van der Waals surface area contributed by atoms with Gasteiger partial charge in [0.25, 0.3) is 0 Å². The number of anilines is 1. The lowest BCUT2D eigenvalue weighted by molar-refractivity contribution is -0.137. The van der Waals surface area contributed by atoms with Crippen molar-refractivity contribution in [3.05, 3.63) is 46.5 Å². The van der Waals surface area contributed by atoms with Gasteiger partial charge in [-0.2, -0.15) is 30.6 Å². The summed E-state index contributed by atoms with van der Waals surface area (Å²) in [6, 6.07) is 2.17. The predicted octanol–water partition coefficient (Wildman–Crippen LogP) is 4.50. The van der Waals surface area contributed by atoms with Gasteiger partial charge < -0.3 is 9.88 Å². The molecule has 1 fully saturated rings. The Morgan fingerprint density at radius 2 is 1.79 bits per heavy atom. The Morgan fingerprint density at radius 1 is 1.12 bits per heavy atom. The zero-order valence-corrected chi connectivity index (χ0v) is 18.6. The van der Waals surface area contributed by atoms with Gasteiger partial charge in [0, 0.05) is 30.5 Å². The molecule has 13 heteroatoms. The summed E-state index contributed by atoms with van der Waals surface area (Å²) in [5.41, 5.74) is -5.16. The molecule has 0 saturated heterocycles. The molecule has 0 spiro atoms. The Morgan fingerprint density at radius 3 is 2.30 bits per heavy atom. The molecular formula is C20H22F6N4O2S. The van der Waals surface area contributed by atoms with Gasteiger partial charge in [-0.05, 0) is 56.4 Å². The molecule has 1 atom stereocenters. The number of hydrogen-bond donors (Lipinski definition) is 1. The molecule has 2 aliphatic rings. The highest BCUT2D eigenvalue weighted by molar-refractivity contribution is 7.89. The van der Waals surface area contributed by atoms with Gasteiger partial charge in [-0.3, -0.25) is 0 Å². The maximum Gasteiger partial charge on any atom is 0.511 e. The average molecular weight is 496 g/mol. The Bertz CT molecular complexity index is 1150. The predicted molar refractivity (Wildman–Crippen MR) is 108 cm³/mol. The van der Waals surface area contributed by atoms with Crippen molar-refractivity contribution in [3.63, 3.8) is 0 Å². The van der Waals surface area contributed by atoms with Gasteiger partial charge >= 0.3 is 21.7 Å². The van der Waals surface area contributed by atoms with Crippen molar-refractivity contribution in [3.8, 4) is 0 Å². The van der Waals surface area contributed by atoms with Crippen LogP contribution in [0.1, 0.15) is 41.2 Å². The number of sulfonamides is 1. The first-order valence-electron chi connectivity index (χ1n) is 10.2. The molecule has 1 N–H and O–H groups in total. The number of aryl methyl sites for hydroxylation is 2. The lowest BCUT2D eigenvalue weighted by atomic mass is 10.0. The number of nitrogens with one attached hydrogen (secondary N) is 1. The molecule has 1 aromatic heterocycles. The Labute approximate surface area is 186 Å². The monoisotopic (exact) mass is 496 g/mol. The molecule has 1 aliphatic carbocycles. The van der Waals surface area contributed by atoms with Gasteiger partial charge in [0.1, 0.15) is 5.82 Å². The number of aromatic nitrogens is 2. The van der Waals surface area contributed by atoms with Crippen LogP contribution in [0.4, 0.5) is 32.0 Å². The first kappa shape index (κ1) is 23.9. The van der Waals surface area contributed by atoms with Crippen LogP contribution in [0.3, 0.4) is 0 Å². The molecule has 6 nitrogen and oxygen atoms in total. The van der Waals surface area contributed by atoms with Crippen LogP contribution in [0.2, 0.25) is 0 Å². The van der Waals surface area contributed by atoms with Crippen LogP contribution in [0.15, 0.2) is 18.2 Å². The molecule has 0 unspecified atom stereocenters. The van der Waals surface area contributed by atoms with Crippen LogP contribution in [0.25, 0.3) is 0 Å². The van der Waals surface area contributed by atoms with Crippen LogP contribution in [-0.2, 0) is 29.3 Å². The topological polar surface area (TPSA) is 69.3 Å². The highest BCUT2D eigenvalue weighted by atomic mass is 32.2. The number of fused-ring (bicyclic) bond motifs is 1. The van der Waals surface area contributed by atoms with Gasteiger partial charge in [-0.25, -0.2) is 13.4 Å². The standard InChI is InChI=1S/C20H22F6N4O2S/c1-11-16(28-12(2)27-11)9-30-17-6-5-15(19(21,22)23)7-14(17)8-29(10-18(30)13-3-4-13)33(31,32)20(24,25)26/h5-7,13,18H,3-4,8-10H2,1-2H3,(H,27,28)/t18-/m0/s1. The Hall–Kier alpha value is -2.28. The number of benzene rings is 1. The third kappa shape index (κ3) is 4.57. The van der Waals surface area contributed by atoms with Crippen molar-refractivity contribution in [1.82, 2.24) is 14.3 Å². The molecule has 2 aromatic rings. The molecule has 1 aromatic carbocycles. The second kappa shape index (κ2) is 7.90. The molecule has 33 heavy (non-hydrogen) atoms. The summed E-state index contributed by atoms with van der Waals surface area (Å²) in [6.45, 7) is 2.34. The molecule has 1 aliphatic heterocycles. The van der Waals surface area contributed by atoms with E-state index >= 15 is 0 Å². The van der Waals surface area contributed by atoms with Crippen LogP contribution in [0, 0.1) is 19.8 Å². The van der Waals surface area contributed by atoms with E-state index in [4.69, 9.17) is 0 Å². The fraction of sp³-hybridized carbons (Fsp3) is 0.550. The second-order valence-corrected chi connectivity index (χ2v) is 10.4. The molecule has 4 rings (SSSR count). The minimum atomic E-state index is -5.75. The smallest absolute Gasteiger partial charge is 0.361 e. The lowest BCUT2D eigenvalue weighted by Gasteiger charge is -2.34. The quantitative estimate of drug-likeness (QED) is 0.634. The number of hydrogen-bond acceptors (Lipinski definition) is 4. The van der Waals surface area contributed by atoms with Crippen molar-refractivity contribution in [2.45, 2.75) is 57.5 Å². The number of H-pyrrole nitrogens is 1. The maximum absolute atomic E-state index is 13.4. The highest BCUT2D eigenvalue weighted by Crippen LogP contribution is 2.44. The maximum atomic E-state index is 13.4. The van der Waals surface area contributed by atoms with E-state index in [1.807, 2.05) is 0 Å². The third-order valence-corrected chi connectivity index (χ3v) is 7.62. The SMILES string of the molecule is Cc1nc(CN2c3ccc(C(F)(F)F)cc3CN(S(=O)(=O)C(F)(F)F)C[C@H]2C2CC2)c(C)[nH]1. The molecule has 2 heterocycles. The van der Waals surface area contributed by atoms with Gasteiger partial charge in [0.05, 0.1) is 17.8 Å². The summed E-state index contributed by atoms with van der Waals surface area (Å²) >= 11 is 0. The number of imidazole rings is 1. The molecular weight excluding hydrogens is 474 g/mol. The highest BCUT2D eigenvalue weighted by Gasteiger charge is 2.52. The number of aromatic amines is 1. The Kier molecular flexibility index (Phi) is 5.71. The van der Waals surface area contributed by atoms with Crippen molar-refractivity contribution in [1.29, 1.82) is 0 Å². The van der Waals surface area contributed by atoms with E-state index in [9.17, 15) is 34.8 Å². The van der Waals surface area contributed by atoms with Crippen molar-refractivity contribution in [2.24, 2.45) is 5.92 Å². The average Bonchev–Trinajstić information content (AvgIpc) is 3.47. The minimum Gasteiger partial charge on any atom is -0.361 e. The zero-order chi connectivity index (χ0) is 24.3. The summed E-state index contributed by atoms with van der Waals surface area (Å²) in [4.78, 5) is 9.14. The van der Waals surface area contributed by atoms with E-state index in [0.29, 0.717) is 24.4 Å². The summed E-state index contributed by atoms with van der Waals surface area (Å²) in [6.07, 6.45) is -3.35. The van der Waals surface area contributed by atoms with Crippen LogP contribution in [0.5, 0.6) is 0 Å². The number of halogens is 6. The first-order valence-corrected chi connectivity index (χ1v) is 11.7. The summed E-state index contributed by atoms with van der Waals surface area (Å²) < 4.78 is 105. The van der Waals surface area contributed by atoms with Crippen molar-refractivity contribution < 1.29 is 34.8 Å². The molecule has 0 radical (unpaired) electrons. The van der Waals surface area contributed by atoms with Gasteiger partial charge in [-0.1, -0.05) is 0 Å². The van der Waals surface area contributed by atoms with Crippen LogP contribution >= 0.6 is 0 Å². The molecule has 0 bridgehead atoms. The van der Waals surface area contributed by atoms with Crippen molar-refractivity contribution in [2.75, 3.05) is 11.4 Å². The normalized spacial score (nSPS) is 20.6. The molecule has 0 amide bonds. The largest absolute Gasteiger partial charge is 0.511 e. The zero-order valence-electron chi connectivity index (χ0n) is 17.8. The van der Waals surface area contributed by atoms with E-state index in [-0.39, 0.29) is 28.0 Å². The van der Waals surface area contributed by atoms with Crippen LogP contribution in [-0.4, -0.2) is 40.8 Å². The van der Waals surface area contributed by atoms with E-state index in [2.05, 4.69) is 9.97 Å². The van der Waals surface area contributed by atoms with Gasteiger partial charge in [0.2, 0.25) is 0 Å². The number of rotatable bonds is 4. The van der Waals surface area contributed by atoms with Gasteiger partial charge in [0.15, 0.2) is 0 Å². The lowest BCUT2D eigenvalue weighted by Crippen LogP contribution is -2.47. The third-order valence-electron chi connectivity index (χ3n) is 6.08. The Balaban J connectivity index is 1.86. The van der Waals surface area contributed by atoms with Crippen LogP contribution < -0.4 is 4.90 Å². The summed E-state index contributed by atoms with van der Waals surface area (Å²) in [7, 11) is -5.75. The van der Waals surface area contributed by atoms with E-state index in [1.54, 1.807) is 18.7 Å². The fourth-order valence-corrected chi connectivity index (χ4v) is 5.25.